The lowest BCUT2D eigenvalue weighted by Gasteiger charge is -2.27. The van der Waals surface area contributed by atoms with Crippen molar-refractivity contribution in [2.24, 2.45) is 5.92 Å². The van der Waals surface area contributed by atoms with Gasteiger partial charge in [0, 0.05) is 19.1 Å². The molecule has 1 aliphatic rings. The van der Waals surface area contributed by atoms with E-state index in [9.17, 15) is 0 Å². The lowest BCUT2D eigenvalue weighted by Crippen LogP contribution is -2.32. The second kappa shape index (κ2) is 8.50. The molecule has 3 heteroatoms. The third kappa shape index (κ3) is 5.40. The summed E-state index contributed by atoms with van der Waals surface area (Å²) in [6, 6.07) is 7.23. The van der Waals surface area contributed by atoms with Gasteiger partial charge < -0.3 is 5.32 Å². The lowest BCUT2D eigenvalue weighted by atomic mass is 10.2. The van der Waals surface area contributed by atoms with Crippen LogP contribution < -0.4 is 5.32 Å². The summed E-state index contributed by atoms with van der Waals surface area (Å²) in [7, 11) is 0. The zero-order valence-corrected chi connectivity index (χ0v) is 13.9. The summed E-state index contributed by atoms with van der Waals surface area (Å²) in [6.45, 7) is 10.8. The van der Waals surface area contributed by atoms with Gasteiger partial charge in [-0.15, -0.1) is 0 Å². The Labute approximate surface area is 130 Å². The van der Waals surface area contributed by atoms with Gasteiger partial charge in [-0.3, -0.25) is 9.88 Å². The number of pyridine rings is 1. The van der Waals surface area contributed by atoms with E-state index in [1.165, 1.54) is 31.4 Å². The first-order valence-electron chi connectivity index (χ1n) is 8.58. The minimum atomic E-state index is 0.686. The van der Waals surface area contributed by atoms with E-state index in [1.807, 2.05) is 0 Å². The minimum absolute atomic E-state index is 0.686. The molecule has 0 aliphatic heterocycles. The number of rotatable bonds is 8. The van der Waals surface area contributed by atoms with Crippen molar-refractivity contribution in [2.75, 3.05) is 13.1 Å². The van der Waals surface area contributed by atoms with Crippen molar-refractivity contribution in [1.82, 2.24) is 15.2 Å². The van der Waals surface area contributed by atoms with Crippen LogP contribution in [0, 0.1) is 5.92 Å². The third-order valence-corrected chi connectivity index (χ3v) is 4.34. The molecule has 0 atom stereocenters. The Morgan fingerprint density at radius 3 is 2.62 bits per heavy atom. The molecule has 1 saturated carbocycles. The topological polar surface area (TPSA) is 28.2 Å². The Kier molecular flexibility index (Phi) is 6.65. The van der Waals surface area contributed by atoms with E-state index in [2.05, 4.69) is 49.2 Å². The third-order valence-electron chi connectivity index (χ3n) is 4.34. The molecule has 1 fully saturated rings. The molecule has 1 aromatic rings. The van der Waals surface area contributed by atoms with Crippen LogP contribution in [0.25, 0.3) is 0 Å². The van der Waals surface area contributed by atoms with Gasteiger partial charge in [-0.05, 0) is 44.0 Å². The van der Waals surface area contributed by atoms with Crippen LogP contribution in [-0.2, 0) is 13.1 Å². The van der Waals surface area contributed by atoms with Crippen molar-refractivity contribution >= 4 is 0 Å². The zero-order valence-electron chi connectivity index (χ0n) is 13.9. The monoisotopic (exact) mass is 289 g/mol. The van der Waals surface area contributed by atoms with Crippen molar-refractivity contribution in [3.63, 3.8) is 0 Å². The Balaban J connectivity index is 1.89. The maximum Gasteiger partial charge on any atom is 0.0547 e. The molecule has 1 aromatic heterocycles. The first kappa shape index (κ1) is 16.4. The molecular weight excluding hydrogens is 258 g/mol. The Morgan fingerprint density at radius 1 is 1.24 bits per heavy atom. The van der Waals surface area contributed by atoms with Gasteiger partial charge in [0.2, 0.25) is 0 Å². The molecule has 2 rings (SSSR count). The van der Waals surface area contributed by atoms with Crippen molar-refractivity contribution in [2.45, 2.75) is 65.6 Å². The van der Waals surface area contributed by atoms with Crippen LogP contribution in [0.2, 0.25) is 0 Å². The summed E-state index contributed by atoms with van der Waals surface area (Å²) >= 11 is 0. The molecule has 0 aromatic carbocycles. The normalized spacial score (nSPS) is 16.2. The molecule has 0 radical (unpaired) electrons. The summed E-state index contributed by atoms with van der Waals surface area (Å²) < 4.78 is 0. The molecule has 3 nitrogen and oxygen atoms in total. The van der Waals surface area contributed by atoms with Gasteiger partial charge in [0.15, 0.2) is 0 Å². The molecule has 0 bridgehead atoms. The van der Waals surface area contributed by atoms with Gasteiger partial charge in [-0.2, -0.15) is 0 Å². The number of nitrogens with one attached hydrogen (secondary N) is 1. The molecule has 0 amide bonds. The highest BCUT2D eigenvalue weighted by Gasteiger charge is 2.21. The summed E-state index contributed by atoms with van der Waals surface area (Å²) in [5, 5.41) is 3.47. The van der Waals surface area contributed by atoms with Crippen LogP contribution in [-0.4, -0.2) is 29.0 Å². The molecule has 0 saturated heterocycles. The van der Waals surface area contributed by atoms with Crippen LogP contribution in [0.5, 0.6) is 0 Å². The molecule has 118 valence electrons. The van der Waals surface area contributed by atoms with E-state index < -0.39 is 0 Å². The largest absolute Gasteiger partial charge is 0.311 e. The van der Waals surface area contributed by atoms with Gasteiger partial charge in [0.25, 0.3) is 0 Å². The average molecular weight is 289 g/mol. The van der Waals surface area contributed by atoms with Crippen molar-refractivity contribution < 1.29 is 0 Å². The van der Waals surface area contributed by atoms with Crippen LogP contribution in [0.1, 0.15) is 57.8 Å². The van der Waals surface area contributed by atoms with Crippen LogP contribution in [0.15, 0.2) is 18.2 Å². The Bertz CT molecular complexity index is 411. The molecule has 0 unspecified atom stereocenters. The van der Waals surface area contributed by atoms with Crippen molar-refractivity contribution in [3.05, 3.63) is 29.6 Å². The van der Waals surface area contributed by atoms with Gasteiger partial charge in [0.05, 0.1) is 11.4 Å². The van der Waals surface area contributed by atoms with Crippen molar-refractivity contribution in [3.8, 4) is 0 Å². The van der Waals surface area contributed by atoms with E-state index in [0.29, 0.717) is 5.92 Å². The number of nitrogens with zero attached hydrogens (tertiary/aromatic N) is 2. The zero-order chi connectivity index (χ0) is 15.1. The highest BCUT2D eigenvalue weighted by molar-refractivity contribution is 5.11. The second-order valence-electron chi connectivity index (χ2n) is 6.65. The first-order chi connectivity index (χ1) is 10.2. The number of aromatic nitrogens is 1. The molecule has 0 spiro atoms. The fourth-order valence-corrected chi connectivity index (χ4v) is 3.18. The van der Waals surface area contributed by atoms with Gasteiger partial charge in [-0.1, -0.05) is 39.7 Å². The predicted molar refractivity (Wildman–Crippen MR) is 89.1 cm³/mol. The maximum atomic E-state index is 4.82. The maximum absolute atomic E-state index is 4.82. The first-order valence-corrected chi connectivity index (χ1v) is 8.58. The van der Waals surface area contributed by atoms with Crippen LogP contribution in [0.4, 0.5) is 0 Å². The Hall–Kier alpha value is -0.930. The predicted octanol–water partition coefficient (Wildman–Crippen LogP) is 3.59. The van der Waals surface area contributed by atoms with Crippen molar-refractivity contribution in [1.29, 1.82) is 0 Å². The molecular formula is C18H31N3. The smallest absolute Gasteiger partial charge is 0.0547 e. The molecule has 21 heavy (non-hydrogen) atoms. The van der Waals surface area contributed by atoms with E-state index in [1.54, 1.807) is 0 Å². The van der Waals surface area contributed by atoms with Gasteiger partial charge in [0.1, 0.15) is 0 Å². The number of hydrogen-bond donors (Lipinski definition) is 1. The second-order valence-corrected chi connectivity index (χ2v) is 6.65. The fraction of sp³-hybridized carbons (Fsp3) is 0.722. The summed E-state index contributed by atoms with van der Waals surface area (Å²) in [4.78, 5) is 7.42. The fourth-order valence-electron chi connectivity index (χ4n) is 3.18. The lowest BCUT2D eigenvalue weighted by molar-refractivity contribution is 0.198. The Morgan fingerprint density at radius 2 is 1.95 bits per heavy atom. The summed E-state index contributed by atoms with van der Waals surface area (Å²) in [5.41, 5.74) is 2.38. The highest BCUT2D eigenvalue weighted by atomic mass is 15.2. The number of hydrogen-bond acceptors (Lipinski definition) is 3. The highest BCUT2D eigenvalue weighted by Crippen LogP contribution is 2.24. The van der Waals surface area contributed by atoms with E-state index in [-0.39, 0.29) is 0 Å². The molecule has 1 N–H and O–H groups in total. The summed E-state index contributed by atoms with van der Waals surface area (Å²) in [6.07, 6.45) is 5.52. The van der Waals surface area contributed by atoms with E-state index in [4.69, 9.17) is 4.98 Å². The van der Waals surface area contributed by atoms with E-state index >= 15 is 0 Å². The SMILES string of the molecule is CCN(Cc1cccc(CNCC(C)C)n1)C1CCCC1. The van der Waals surface area contributed by atoms with Crippen LogP contribution in [0.3, 0.4) is 0 Å². The van der Waals surface area contributed by atoms with Gasteiger partial charge in [-0.25, -0.2) is 0 Å². The standard InChI is InChI=1S/C18H31N3/c1-4-21(18-10-5-6-11-18)14-17-9-7-8-16(20-17)13-19-12-15(2)3/h7-9,15,18-19H,4-6,10-14H2,1-3H3. The minimum Gasteiger partial charge on any atom is -0.311 e. The van der Waals surface area contributed by atoms with Gasteiger partial charge >= 0.3 is 0 Å². The molecule has 1 aliphatic carbocycles. The van der Waals surface area contributed by atoms with Crippen LogP contribution >= 0.6 is 0 Å². The molecule has 1 heterocycles. The summed E-state index contributed by atoms with van der Waals surface area (Å²) in [5.74, 6) is 0.686. The quantitative estimate of drug-likeness (QED) is 0.792. The van der Waals surface area contributed by atoms with E-state index in [0.717, 1.165) is 37.9 Å². The average Bonchev–Trinajstić information content (AvgIpc) is 2.99.